The van der Waals surface area contributed by atoms with Gasteiger partial charge in [-0.25, -0.2) is 0 Å². The van der Waals surface area contributed by atoms with Crippen molar-refractivity contribution in [2.45, 2.75) is 0 Å². The Bertz CT molecular complexity index is 837. The van der Waals surface area contributed by atoms with Crippen LogP contribution in [0.1, 0.15) is 11.1 Å². The molecule has 2 rings (SSSR count). The fourth-order valence-electron chi connectivity index (χ4n) is 1.62. The lowest BCUT2D eigenvalue weighted by Crippen LogP contribution is -2.13. The summed E-state index contributed by atoms with van der Waals surface area (Å²) in [6.45, 7) is 0. The number of benzene rings is 2. The van der Waals surface area contributed by atoms with Crippen LogP contribution in [0.4, 0.5) is 0 Å². The maximum Gasteiger partial charge on any atom is 0.203 e. The Morgan fingerprint density at radius 1 is 0.920 bits per heavy atom. The average Bonchev–Trinajstić information content (AvgIpc) is 2.57. The molecule has 0 aliphatic heterocycles. The Kier molecular flexibility index (Phi) is 8.06. The van der Waals surface area contributed by atoms with Gasteiger partial charge >= 0.3 is 0 Å². The molecule has 1 N–H and O–H groups in total. The molecule has 0 spiro atoms. The Hall–Kier alpha value is -1.24. The van der Waals surface area contributed by atoms with Gasteiger partial charge in [0.2, 0.25) is 5.17 Å². The van der Waals surface area contributed by atoms with E-state index < -0.39 is 0 Å². The summed E-state index contributed by atoms with van der Waals surface area (Å²) >= 11 is 25.2. The summed E-state index contributed by atoms with van der Waals surface area (Å²) < 4.78 is 0. The number of amidine groups is 1. The molecule has 0 radical (unpaired) electrons. The van der Waals surface area contributed by atoms with Gasteiger partial charge in [0.15, 0.2) is 0 Å². The maximum absolute atomic E-state index is 6.07. The van der Waals surface area contributed by atoms with E-state index in [0.29, 0.717) is 30.8 Å². The first kappa shape index (κ1) is 20.1. The Labute approximate surface area is 169 Å². The third-order valence-corrected chi connectivity index (χ3v) is 4.51. The molecule has 0 saturated heterocycles. The number of hydrazone groups is 1. The van der Waals surface area contributed by atoms with E-state index in [2.05, 4.69) is 20.7 Å². The number of nitrogens with one attached hydrogen (secondary N) is 1. The molecular weight excluding hydrogens is 422 g/mol. The molecule has 0 bridgehead atoms. The van der Waals surface area contributed by atoms with E-state index in [0.717, 1.165) is 5.56 Å². The van der Waals surface area contributed by atoms with Crippen molar-refractivity contribution >= 4 is 75.8 Å². The van der Waals surface area contributed by atoms with Crippen LogP contribution in [0, 0.1) is 0 Å². The van der Waals surface area contributed by atoms with Gasteiger partial charge in [-0.1, -0.05) is 70.3 Å². The molecule has 0 fully saturated rings. The maximum atomic E-state index is 6.07. The number of halogens is 4. The van der Waals surface area contributed by atoms with Gasteiger partial charge in [0.25, 0.3) is 0 Å². The minimum atomic E-state index is 0.500. The molecular formula is C16H12Cl4N4S. The second kappa shape index (κ2) is 10.0. The van der Waals surface area contributed by atoms with Crippen LogP contribution in [-0.2, 0) is 0 Å². The number of rotatable bonds is 4. The molecule has 9 heteroatoms. The highest BCUT2D eigenvalue weighted by atomic mass is 35.5. The fourth-order valence-corrected chi connectivity index (χ4v) is 2.81. The summed E-state index contributed by atoms with van der Waals surface area (Å²) in [5.41, 5.74) is 4.24. The molecule has 2 aromatic rings. The van der Waals surface area contributed by atoms with Crippen molar-refractivity contribution in [1.82, 2.24) is 5.43 Å². The van der Waals surface area contributed by atoms with Crippen molar-refractivity contribution in [3.8, 4) is 0 Å². The first-order chi connectivity index (χ1) is 12.0. The van der Waals surface area contributed by atoms with Crippen LogP contribution in [-0.4, -0.2) is 23.9 Å². The SMILES string of the molecule is CS/C(=N/N=C/c1ccc(Cl)cc1Cl)N/N=C/c1ccc(Cl)cc1Cl. The van der Waals surface area contributed by atoms with Crippen LogP contribution in [0.3, 0.4) is 0 Å². The first-order valence-corrected chi connectivity index (χ1v) is 9.57. The van der Waals surface area contributed by atoms with Crippen LogP contribution in [0.25, 0.3) is 0 Å². The summed E-state index contributed by atoms with van der Waals surface area (Å²) in [6, 6.07) is 10.3. The van der Waals surface area contributed by atoms with Crippen molar-refractivity contribution in [3.05, 3.63) is 67.6 Å². The van der Waals surface area contributed by atoms with Crippen molar-refractivity contribution < 1.29 is 0 Å². The van der Waals surface area contributed by atoms with Gasteiger partial charge in [-0.15, -0.1) is 5.10 Å². The molecule has 0 aliphatic rings. The lowest BCUT2D eigenvalue weighted by molar-refractivity contribution is 1.03. The minimum absolute atomic E-state index is 0.500. The third-order valence-electron chi connectivity index (χ3n) is 2.83. The van der Waals surface area contributed by atoms with Gasteiger partial charge in [-0.2, -0.15) is 10.2 Å². The van der Waals surface area contributed by atoms with Crippen LogP contribution in [0.15, 0.2) is 51.7 Å². The van der Waals surface area contributed by atoms with Gasteiger partial charge in [-0.3, -0.25) is 5.43 Å². The zero-order valence-electron chi connectivity index (χ0n) is 12.9. The summed E-state index contributed by atoms with van der Waals surface area (Å²) in [6.07, 6.45) is 4.96. The summed E-state index contributed by atoms with van der Waals surface area (Å²) in [5, 5.41) is 14.8. The van der Waals surface area contributed by atoms with Crippen molar-refractivity contribution in [1.29, 1.82) is 0 Å². The lowest BCUT2D eigenvalue weighted by Gasteiger charge is -2.01. The second-order valence-corrected chi connectivity index (χ2v) is 7.04. The number of thioether (sulfide) groups is 1. The number of nitrogens with zero attached hydrogens (tertiary/aromatic N) is 3. The summed E-state index contributed by atoms with van der Waals surface area (Å²) in [4.78, 5) is 0. The zero-order valence-corrected chi connectivity index (χ0v) is 16.7. The normalized spacial score (nSPS) is 12.3. The minimum Gasteiger partial charge on any atom is -0.254 e. The van der Waals surface area contributed by atoms with E-state index in [4.69, 9.17) is 46.4 Å². The molecule has 0 atom stereocenters. The predicted molar refractivity (Wildman–Crippen MR) is 112 cm³/mol. The van der Waals surface area contributed by atoms with E-state index in [9.17, 15) is 0 Å². The van der Waals surface area contributed by atoms with Crippen LogP contribution in [0.2, 0.25) is 20.1 Å². The lowest BCUT2D eigenvalue weighted by atomic mass is 10.2. The molecule has 0 unspecified atom stereocenters. The molecule has 0 saturated carbocycles. The third kappa shape index (κ3) is 6.53. The molecule has 0 aromatic heterocycles. The van der Waals surface area contributed by atoms with Crippen LogP contribution >= 0.6 is 58.2 Å². The largest absolute Gasteiger partial charge is 0.254 e. The molecule has 130 valence electrons. The molecule has 4 nitrogen and oxygen atoms in total. The van der Waals surface area contributed by atoms with E-state index in [1.165, 1.54) is 18.0 Å². The molecule has 25 heavy (non-hydrogen) atoms. The molecule has 0 amide bonds. The Morgan fingerprint density at radius 2 is 1.48 bits per heavy atom. The predicted octanol–water partition coefficient (Wildman–Crippen LogP) is 5.98. The van der Waals surface area contributed by atoms with Gasteiger partial charge in [-0.05, 0) is 30.5 Å². The Balaban J connectivity index is 2.02. The second-order valence-electron chi connectivity index (χ2n) is 4.56. The number of hydrogen-bond donors (Lipinski definition) is 1. The topological polar surface area (TPSA) is 49.1 Å². The standard InChI is InChI=1S/C16H12Cl4N4S/c1-25-16(23-21-8-10-2-4-12(17)6-14(10)19)24-22-9-11-3-5-13(18)7-15(11)20/h2-9H,1H3,(H,23,24)/b21-8+,22-9+. The van der Waals surface area contributed by atoms with Crippen LogP contribution < -0.4 is 5.43 Å². The average molecular weight is 434 g/mol. The zero-order chi connectivity index (χ0) is 18.2. The molecule has 0 aliphatic carbocycles. The fraction of sp³-hybridized carbons (Fsp3) is 0.0625. The van der Waals surface area contributed by atoms with Gasteiger partial charge in [0.1, 0.15) is 0 Å². The van der Waals surface area contributed by atoms with E-state index in [1.807, 2.05) is 6.26 Å². The highest BCUT2D eigenvalue weighted by Gasteiger charge is 2.00. The van der Waals surface area contributed by atoms with Crippen molar-refractivity contribution in [2.75, 3.05) is 6.26 Å². The summed E-state index contributed by atoms with van der Waals surface area (Å²) in [7, 11) is 0. The summed E-state index contributed by atoms with van der Waals surface area (Å²) in [5.74, 6) is 0. The number of hydrogen-bond acceptors (Lipinski definition) is 4. The highest BCUT2D eigenvalue weighted by molar-refractivity contribution is 8.13. The monoisotopic (exact) mass is 432 g/mol. The van der Waals surface area contributed by atoms with Gasteiger partial charge in [0, 0.05) is 21.2 Å². The van der Waals surface area contributed by atoms with Crippen LogP contribution in [0.5, 0.6) is 0 Å². The van der Waals surface area contributed by atoms with E-state index >= 15 is 0 Å². The molecule has 0 heterocycles. The smallest absolute Gasteiger partial charge is 0.203 e. The first-order valence-electron chi connectivity index (χ1n) is 6.84. The highest BCUT2D eigenvalue weighted by Crippen LogP contribution is 2.20. The molecule has 2 aromatic carbocycles. The van der Waals surface area contributed by atoms with E-state index in [-0.39, 0.29) is 0 Å². The Morgan fingerprint density at radius 3 is 2.00 bits per heavy atom. The van der Waals surface area contributed by atoms with E-state index in [1.54, 1.807) is 42.6 Å². The van der Waals surface area contributed by atoms with Gasteiger partial charge < -0.3 is 0 Å². The van der Waals surface area contributed by atoms with Gasteiger partial charge in [0.05, 0.1) is 22.5 Å². The quantitative estimate of drug-likeness (QED) is 0.366. The van der Waals surface area contributed by atoms with Crippen molar-refractivity contribution in [2.24, 2.45) is 15.3 Å². The van der Waals surface area contributed by atoms with Crippen molar-refractivity contribution in [3.63, 3.8) is 0 Å².